The summed E-state index contributed by atoms with van der Waals surface area (Å²) in [5.74, 6) is 0.996. The van der Waals surface area contributed by atoms with Gasteiger partial charge in [0.15, 0.2) is 11.5 Å². The lowest BCUT2D eigenvalue weighted by molar-refractivity contribution is -0.132. The van der Waals surface area contributed by atoms with Crippen molar-refractivity contribution in [2.45, 2.75) is 13.0 Å². The number of ether oxygens (including phenoxy) is 2. The van der Waals surface area contributed by atoms with Crippen LogP contribution < -0.4 is 9.47 Å². The molecule has 0 unspecified atom stereocenters. The number of nitrogens with zero attached hydrogens (tertiary/aromatic N) is 2. The number of methoxy groups -OCH3 is 2. The second-order valence-corrected chi connectivity index (χ2v) is 6.67. The van der Waals surface area contributed by atoms with Crippen LogP contribution in [-0.2, 0) is 17.8 Å². The zero-order chi connectivity index (χ0) is 19.2. The monoisotopic (exact) mass is 370 g/mol. The van der Waals surface area contributed by atoms with Crippen LogP contribution in [0.2, 0.25) is 0 Å². The van der Waals surface area contributed by atoms with E-state index in [1.807, 2.05) is 47.4 Å². The van der Waals surface area contributed by atoms with Crippen molar-refractivity contribution in [2.24, 2.45) is 0 Å². The van der Waals surface area contributed by atoms with Crippen LogP contribution in [0.5, 0.6) is 17.2 Å². The molecule has 0 atom stereocenters. The maximum Gasteiger partial charge on any atom is 0.227 e. The van der Waals surface area contributed by atoms with Gasteiger partial charge in [0.25, 0.3) is 0 Å². The van der Waals surface area contributed by atoms with Gasteiger partial charge in [0.2, 0.25) is 11.7 Å². The lowest BCUT2D eigenvalue weighted by atomic mass is 10.1. The lowest BCUT2D eigenvalue weighted by Gasteiger charge is -2.35. The number of phenolic OH excluding ortho intramolecular Hbond substituents is 1. The first-order valence-corrected chi connectivity index (χ1v) is 9.08. The highest BCUT2D eigenvalue weighted by atomic mass is 16.5. The predicted octanol–water partition coefficient (Wildman–Crippen LogP) is 2.30. The van der Waals surface area contributed by atoms with E-state index in [4.69, 9.17) is 9.47 Å². The Morgan fingerprint density at radius 3 is 2.11 bits per heavy atom. The predicted molar refractivity (Wildman–Crippen MR) is 103 cm³/mol. The number of benzene rings is 2. The lowest BCUT2D eigenvalue weighted by Crippen LogP contribution is -2.48. The van der Waals surface area contributed by atoms with Crippen LogP contribution >= 0.6 is 0 Å². The van der Waals surface area contributed by atoms with Crippen LogP contribution in [0.25, 0.3) is 0 Å². The van der Waals surface area contributed by atoms with E-state index >= 15 is 0 Å². The molecule has 0 aliphatic carbocycles. The van der Waals surface area contributed by atoms with Crippen LogP contribution in [-0.4, -0.2) is 61.2 Å². The van der Waals surface area contributed by atoms with Gasteiger partial charge < -0.3 is 19.5 Å². The molecule has 27 heavy (non-hydrogen) atoms. The maximum absolute atomic E-state index is 12.5. The summed E-state index contributed by atoms with van der Waals surface area (Å²) in [4.78, 5) is 16.7. The minimum Gasteiger partial charge on any atom is -0.502 e. The van der Waals surface area contributed by atoms with Crippen molar-refractivity contribution in [3.63, 3.8) is 0 Å². The van der Waals surface area contributed by atoms with Crippen LogP contribution in [0.4, 0.5) is 0 Å². The Hall–Kier alpha value is -2.73. The molecule has 0 radical (unpaired) electrons. The van der Waals surface area contributed by atoms with Gasteiger partial charge in [0.1, 0.15) is 0 Å². The quantitative estimate of drug-likeness (QED) is 0.845. The second-order valence-electron chi connectivity index (χ2n) is 6.67. The van der Waals surface area contributed by atoms with Crippen molar-refractivity contribution < 1.29 is 19.4 Å². The van der Waals surface area contributed by atoms with Crippen molar-refractivity contribution in [1.29, 1.82) is 0 Å². The third kappa shape index (κ3) is 4.71. The number of phenols is 1. The number of aromatic hydroxyl groups is 1. The molecular formula is C21H26N2O4. The molecule has 2 aromatic carbocycles. The molecular weight excluding hydrogens is 344 g/mol. The van der Waals surface area contributed by atoms with E-state index in [0.717, 1.165) is 37.3 Å². The molecule has 1 N–H and O–H groups in total. The molecule has 1 aliphatic heterocycles. The molecule has 2 aromatic rings. The zero-order valence-electron chi connectivity index (χ0n) is 15.9. The molecule has 0 aromatic heterocycles. The summed E-state index contributed by atoms with van der Waals surface area (Å²) in [5, 5.41) is 10.0. The average molecular weight is 370 g/mol. The number of hydrogen-bond acceptors (Lipinski definition) is 5. The van der Waals surface area contributed by atoms with Crippen molar-refractivity contribution in [1.82, 2.24) is 9.80 Å². The van der Waals surface area contributed by atoms with Crippen molar-refractivity contribution in [3.05, 3.63) is 53.6 Å². The molecule has 0 saturated carbocycles. The summed E-state index contributed by atoms with van der Waals surface area (Å²) >= 11 is 0. The Labute approximate surface area is 159 Å². The van der Waals surface area contributed by atoms with Gasteiger partial charge in [-0.1, -0.05) is 30.3 Å². The Balaban J connectivity index is 1.56. The first kappa shape index (κ1) is 19.0. The van der Waals surface area contributed by atoms with Gasteiger partial charge in [0.05, 0.1) is 20.6 Å². The summed E-state index contributed by atoms with van der Waals surface area (Å²) in [6.07, 6.45) is 0.452. The fourth-order valence-electron chi connectivity index (χ4n) is 3.33. The van der Waals surface area contributed by atoms with Gasteiger partial charge in [-0.15, -0.1) is 0 Å². The Bertz CT molecular complexity index is 746. The van der Waals surface area contributed by atoms with Crippen molar-refractivity contribution in [3.8, 4) is 17.2 Å². The third-order valence-electron chi connectivity index (χ3n) is 4.87. The van der Waals surface area contributed by atoms with E-state index in [2.05, 4.69) is 4.90 Å². The highest BCUT2D eigenvalue weighted by molar-refractivity contribution is 5.78. The molecule has 1 amide bonds. The van der Waals surface area contributed by atoms with Crippen LogP contribution in [0.3, 0.4) is 0 Å². The van der Waals surface area contributed by atoms with Gasteiger partial charge in [-0.05, 0) is 23.3 Å². The van der Waals surface area contributed by atoms with Gasteiger partial charge in [-0.2, -0.15) is 0 Å². The van der Waals surface area contributed by atoms with Gasteiger partial charge in [-0.25, -0.2) is 0 Å². The summed E-state index contributed by atoms with van der Waals surface area (Å²) in [6.45, 7) is 3.78. The fourth-order valence-corrected chi connectivity index (χ4v) is 3.33. The number of hydrogen-bond donors (Lipinski definition) is 1. The van der Waals surface area contributed by atoms with E-state index in [-0.39, 0.29) is 11.7 Å². The van der Waals surface area contributed by atoms with Gasteiger partial charge >= 0.3 is 0 Å². The molecule has 1 saturated heterocycles. The summed E-state index contributed by atoms with van der Waals surface area (Å²) in [6, 6.07) is 13.5. The summed E-state index contributed by atoms with van der Waals surface area (Å²) < 4.78 is 10.4. The Morgan fingerprint density at radius 2 is 1.56 bits per heavy atom. The van der Waals surface area contributed by atoms with Gasteiger partial charge in [0, 0.05) is 32.7 Å². The minimum absolute atomic E-state index is 0.0140. The molecule has 1 heterocycles. The highest BCUT2D eigenvalue weighted by Gasteiger charge is 2.22. The maximum atomic E-state index is 12.5. The van der Waals surface area contributed by atoms with E-state index in [1.54, 1.807) is 0 Å². The van der Waals surface area contributed by atoms with Crippen molar-refractivity contribution >= 4 is 5.91 Å². The van der Waals surface area contributed by atoms with Crippen LogP contribution in [0.1, 0.15) is 11.1 Å². The Morgan fingerprint density at radius 1 is 0.963 bits per heavy atom. The number of amides is 1. The summed E-state index contributed by atoms with van der Waals surface area (Å²) in [5.41, 5.74) is 2.05. The SMILES string of the molecule is COc1cc(CN2CCN(C(=O)Cc3ccccc3)CC2)cc(OC)c1O. The molecule has 3 rings (SSSR count). The topological polar surface area (TPSA) is 62.2 Å². The summed E-state index contributed by atoms with van der Waals surface area (Å²) in [7, 11) is 3.05. The number of piperazine rings is 1. The molecule has 144 valence electrons. The number of rotatable bonds is 6. The molecule has 6 heteroatoms. The van der Waals surface area contributed by atoms with E-state index in [9.17, 15) is 9.90 Å². The van der Waals surface area contributed by atoms with Crippen LogP contribution in [0, 0.1) is 0 Å². The Kier molecular flexibility index (Phi) is 6.19. The molecule has 1 fully saturated rings. The van der Waals surface area contributed by atoms with Crippen molar-refractivity contribution in [2.75, 3.05) is 40.4 Å². The van der Waals surface area contributed by atoms with E-state index in [1.165, 1.54) is 14.2 Å². The zero-order valence-corrected chi connectivity index (χ0v) is 15.9. The van der Waals surface area contributed by atoms with E-state index < -0.39 is 0 Å². The first-order chi connectivity index (χ1) is 13.1. The fraction of sp³-hybridized carbons (Fsp3) is 0.381. The molecule has 6 nitrogen and oxygen atoms in total. The first-order valence-electron chi connectivity index (χ1n) is 9.08. The standard InChI is InChI=1S/C21H26N2O4/c1-26-18-12-17(13-19(27-2)21(18)25)15-22-8-10-23(11-9-22)20(24)14-16-6-4-3-5-7-16/h3-7,12-13,25H,8-11,14-15H2,1-2H3. The van der Waals surface area contributed by atoms with Crippen LogP contribution in [0.15, 0.2) is 42.5 Å². The highest BCUT2D eigenvalue weighted by Crippen LogP contribution is 2.37. The minimum atomic E-state index is 0.0140. The number of carbonyl (C=O) groups excluding carboxylic acids is 1. The molecule has 0 bridgehead atoms. The molecule has 0 spiro atoms. The second kappa shape index (κ2) is 8.77. The average Bonchev–Trinajstić information content (AvgIpc) is 2.70. The number of carbonyl (C=O) groups is 1. The normalized spacial score (nSPS) is 14.8. The largest absolute Gasteiger partial charge is 0.502 e. The molecule has 1 aliphatic rings. The third-order valence-corrected chi connectivity index (χ3v) is 4.87. The van der Waals surface area contributed by atoms with E-state index in [0.29, 0.717) is 24.5 Å². The van der Waals surface area contributed by atoms with Gasteiger partial charge in [-0.3, -0.25) is 9.69 Å². The smallest absolute Gasteiger partial charge is 0.227 e.